The van der Waals surface area contributed by atoms with Gasteiger partial charge in [-0.1, -0.05) is 11.6 Å². The van der Waals surface area contributed by atoms with Crippen LogP contribution in [0.15, 0.2) is 36.0 Å². The van der Waals surface area contributed by atoms with E-state index < -0.39 is 0 Å². The summed E-state index contributed by atoms with van der Waals surface area (Å²) in [5, 5.41) is 6.26. The Morgan fingerprint density at radius 1 is 1.39 bits per heavy atom. The quantitative estimate of drug-likeness (QED) is 0.629. The van der Waals surface area contributed by atoms with E-state index in [1.165, 1.54) is 6.08 Å². The van der Waals surface area contributed by atoms with Crippen LogP contribution < -0.4 is 10.6 Å². The summed E-state index contributed by atoms with van der Waals surface area (Å²) in [6.07, 6.45) is 1.31. The number of carbonyl (C=O) groups is 2. The molecule has 5 heteroatoms. The first kappa shape index (κ1) is 12.6. The number of nitrogens with one attached hydrogen (secondary N) is 2. The molecule has 1 amide bonds. The Labute approximate surface area is 110 Å². The van der Waals surface area contributed by atoms with Gasteiger partial charge in [0, 0.05) is 29.2 Å². The van der Waals surface area contributed by atoms with Gasteiger partial charge in [-0.15, -0.1) is 0 Å². The Morgan fingerprint density at radius 3 is 2.67 bits per heavy atom. The van der Waals surface area contributed by atoms with Gasteiger partial charge in [-0.05, 0) is 31.2 Å². The van der Waals surface area contributed by atoms with Gasteiger partial charge in [0.2, 0.25) is 0 Å². The average Bonchev–Trinajstić information content (AvgIpc) is 2.33. The van der Waals surface area contributed by atoms with Gasteiger partial charge in [0.15, 0.2) is 5.78 Å². The lowest BCUT2D eigenvalue weighted by molar-refractivity contribution is -0.119. The van der Waals surface area contributed by atoms with Crippen molar-refractivity contribution in [2.75, 3.05) is 6.54 Å². The fourth-order valence-corrected chi connectivity index (χ4v) is 1.77. The summed E-state index contributed by atoms with van der Waals surface area (Å²) in [4.78, 5) is 23.5. The van der Waals surface area contributed by atoms with E-state index in [0.717, 1.165) is 0 Å². The topological polar surface area (TPSA) is 58.2 Å². The maximum atomic E-state index is 11.9. The fourth-order valence-electron chi connectivity index (χ4n) is 1.64. The van der Waals surface area contributed by atoms with E-state index in [0.29, 0.717) is 22.8 Å². The van der Waals surface area contributed by atoms with Crippen molar-refractivity contribution >= 4 is 23.3 Å². The number of carbonyl (C=O) groups excluding carboxylic acids is 2. The molecule has 1 fully saturated rings. The van der Waals surface area contributed by atoms with Gasteiger partial charge < -0.3 is 10.6 Å². The number of halogens is 1. The minimum atomic E-state index is -0.254. The third-order valence-electron chi connectivity index (χ3n) is 2.62. The van der Waals surface area contributed by atoms with Crippen molar-refractivity contribution in [1.29, 1.82) is 0 Å². The van der Waals surface area contributed by atoms with Gasteiger partial charge in [0.1, 0.15) is 5.70 Å². The van der Waals surface area contributed by atoms with E-state index in [9.17, 15) is 9.59 Å². The van der Waals surface area contributed by atoms with Crippen molar-refractivity contribution in [3.63, 3.8) is 0 Å². The molecule has 0 aliphatic carbocycles. The van der Waals surface area contributed by atoms with Crippen molar-refractivity contribution in [2.45, 2.75) is 13.0 Å². The molecule has 1 atom stereocenters. The van der Waals surface area contributed by atoms with Crippen LogP contribution in [-0.4, -0.2) is 24.3 Å². The van der Waals surface area contributed by atoms with E-state index >= 15 is 0 Å². The van der Waals surface area contributed by atoms with E-state index in [4.69, 9.17) is 11.6 Å². The number of benzene rings is 1. The molecule has 1 aromatic rings. The van der Waals surface area contributed by atoms with Crippen LogP contribution >= 0.6 is 11.6 Å². The second-order valence-electron chi connectivity index (χ2n) is 4.18. The molecule has 1 aliphatic rings. The molecule has 94 valence electrons. The average molecular weight is 265 g/mol. The maximum absolute atomic E-state index is 11.9. The first-order chi connectivity index (χ1) is 8.56. The summed E-state index contributed by atoms with van der Waals surface area (Å²) in [6, 6.07) is 6.61. The number of amides is 1. The van der Waals surface area contributed by atoms with Crippen LogP contribution in [0.25, 0.3) is 0 Å². The lowest BCUT2D eigenvalue weighted by Crippen LogP contribution is -2.49. The third kappa shape index (κ3) is 2.90. The van der Waals surface area contributed by atoms with E-state index in [1.54, 1.807) is 24.3 Å². The van der Waals surface area contributed by atoms with Gasteiger partial charge in [0.25, 0.3) is 5.91 Å². The molecule has 2 N–H and O–H groups in total. The van der Waals surface area contributed by atoms with Crippen LogP contribution in [0.4, 0.5) is 0 Å². The lowest BCUT2D eigenvalue weighted by Gasteiger charge is -2.23. The summed E-state index contributed by atoms with van der Waals surface area (Å²) in [5.74, 6) is -0.477. The predicted molar refractivity (Wildman–Crippen MR) is 69.5 cm³/mol. The molecule has 0 aromatic heterocycles. The molecule has 1 saturated heterocycles. The number of piperazine rings is 1. The largest absolute Gasteiger partial charge is 0.378 e. The highest BCUT2D eigenvalue weighted by atomic mass is 35.5. The monoisotopic (exact) mass is 264 g/mol. The molecule has 0 unspecified atom stereocenters. The third-order valence-corrected chi connectivity index (χ3v) is 2.88. The number of hydrogen-bond acceptors (Lipinski definition) is 3. The first-order valence-corrected chi connectivity index (χ1v) is 6.00. The second kappa shape index (κ2) is 5.23. The highest BCUT2D eigenvalue weighted by molar-refractivity contribution is 6.30. The standard InChI is InChI=1S/C13H13ClN2O2/c1-8-7-15-11(13(18)16-8)6-12(17)9-2-4-10(14)5-3-9/h2-6,8,15H,7H2,1H3,(H,16,18)/b11-6+/t8-/m1/s1. The second-order valence-corrected chi connectivity index (χ2v) is 4.62. The maximum Gasteiger partial charge on any atom is 0.267 e. The summed E-state index contributed by atoms with van der Waals surface area (Å²) < 4.78 is 0. The molecule has 0 radical (unpaired) electrons. The molecule has 0 spiro atoms. The van der Waals surface area contributed by atoms with Crippen molar-refractivity contribution in [2.24, 2.45) is 0 Å². The van der Waals surface area contributed by atoms with Gasteiger partial charge in [0.05, 0.1) is 0 Å². The molecule has 18 heavy (non-hydrogen) atoms. The highest BCUT2D eigenvalue weighted by Crippen LogP contribution is 2.11. The van der Waals surface area contributed by atoms with Crippen LogP contribution in [-0.2, 0) is 4.79 Å². The Balaban J connectivity index is 2.15. The zero-order valence-corrected chi connectivity index (χ0v) is 10.6. The Hall–Kier alpha value is -1.81. The molecule has 1 heterocycles. The first-order valence-electron chi connectivity index (χ1n) is 5.62. The fraction of sp³-hybridized carbons (Fsp3) is 0.231. The van der Waals surface area contributed by atoms with Crippen molar-refractivity contribution < 1.29 is 9.59 Å². The molecule has 0 bridgehead atoms. The molecule has 0 saturated carbocycles. The predicted octanol–water partition coefficient (Wildman–Crippen LogP) is 1.51. The smallest absolute Gasteiger partial charge is 0.267 e. The van der Waals surface area contributed by atoms with Gasteiger partial charge in [-0.3, -0.25) is 9.59 Å². The molecular weight excluding hydrogens is 252 g/mol. The number of allylic oxidation sites excluding steroid dienone is 1. The number of rotatable bonds is 2. The molecule has 4 nitrogen and oxygen atoms in total. The van der Waals surface area contributed by atoms with Gasteiger partial charge in [-0.2, -0.15) is 0 Å². The normalized spacial score (nSPS) is 21.3. The lowest BCUT2D eigenvalue weighted by atomic mass is 10.1. The van der Waals surface area contributed by atoms with Crippen molar-refractivity contribution in [3.05, 3.63) is 46.6 Å². The Bertz CT molecular complexity index is 508. The summed E-state index contributed by atoms with van der Waals surface area (Å²) >= 11 is 5.74. The van der Waals surface area contributed by atoms with Crippen molar-refractivity contribution in [1.82, 2.24) is 10.6 Å². The van der Waals surface area contributed by atoms with Crippen molar-refractivity contribution in [3.8, 4) is 0 Å². The van der Waals surface area contributed by atoms with Gasteiger partial charge in [-0.25, -0.2) is 0 Å². The number of hydrogen-bond donors (Lipinski definition) is 2. The van der Waals surface area contributed by atoms with E-state index in [2.05, 4.69) is 10.6 Å². The zero-order valence-electron chi connectivity index (χ0n) is 9.87. The zero-order chi connectivity index (χ0) is 13.1. The molecule has 1 aliphatic heterocycles. The van der Waals surface area contributed by atoms with Crippen LogP contribution in [0, 0.1) is 0 Å². The summed E-state index contributed by atoms with van der Waals surface area (Å²) in [7, 11) is 0. The summed E-state index contributed by atoms with van der Waals surface area (Å²) in [6.45, 7) is 2.51. The SMILES string of the molecule is C[C@@H]1CN/C(=C/C(=O)c2ccc(Cl)cc2)C(=O)N1. The van der Waals surface area contributed by atoms with Crippen LogP contribution in [0.2, 0.25) is 5.02 Å². The summed E-state index contributed by atoms with van der Waals surface area (Å²) in [5.41, 5.74) is 0.799. The van der Waals surface area contributed by atoms with Crippen LogP contribution in [0.1, 0.15) is 17.3 Å². The molecule has 2 rings (SSSR count). The van der Waals surface area contributed by atoms with E-state index in [-0.39, 0.29) is 17.7 Å². The highest BCUT2D eigenvalue weighted by Gasteiger charge is 2.19. The molecule has 1 aromatic carbocycles. The Morgan fingerprint density at radius 2 is 2.06 bits per heavy atom. The van der Waals surface area contributed by atoms with Crippen LogP contribution in [0.3, 0.4) is 0 Å². The van der Waals surface area contributed by atoms with Crippen LogP contribution in [0.5, 0.6) is 0 Å². The minimum Gasteiger partial charge on any atom is -0.378 e. The van der Waals surface area contributed by atoms with Gasteiger partial charge >= 0.3 is 0 Å². The molecular formula is C13H13ClN2O2. The number of ketones is 1. The minimum absolute atomic E-state index is 0.0697. The Kier molecular flexibility index (Phi) is 3.67. The van der Waals surface area contributed by atoms with E-state index in [1.807, 2.05) is 6.92 Å².